The number of ether oxygens (including phenoxy) is 2. The molecule has 0 atom stereocenters. The highest BCUT2D eigenvalue weighted by Gasteiger charge is 2.15. The number of fused-ring (bicyclic) bond motifs is 1. The minimum absolute atomic E-state index is 0.159. The summed E-state index contributed by atoms with van der Waals surface area (Å²) in [6, 6.07) is 14.2. The topological polar surface area (TPSA) is 35.5 Å². The fourth-order valence-corrected chi connectivity index (χ4v) is 3.26. The summed E-state index contributed by atoms with van der Waals surface area (Å²) in [5, 5.41) is 2.56. The third kappa shape index (κ3) is 3.55. The lowest BCUT2D eigenvalue weighted by Gasteiger charge is -2.12. The van der Waals surface area contributed by atoms with Gasteiger partial charge >= 0.3 is 0 Å². The van der Waals surface area contributed by atoms with E-state index in [1.54, 1.807) is 50.6 Å². The summed E-state index contributed by atoms with van der Waals surface area (Å²) in [4.78, 5) is 12.8. The number of allylic oxidation sites excluding steroid dienone is 1. The molecule has 0 aromatic heterocycles. The molecule has 0 radical (unpaired) electrons. The van der Waals surface area contributed by atoms with E-state index in [4.69, 9.17) is 32.7 Å². The van der Waals surface area contributed by atoms with Crippen molar-refractivity contribution in [2.75, 3.05) is 14.2 Å². The van der Waals surface area contributed by atoms with Crippen LogP contribution in [0.4, 0.5) is 0 Å². The van der Waals surface area contributed by atoms with E-state index in [0.29, 0.717) is 38.1 Å². The van der Waals surface area contributed by atoms with Crippen molar-refractivity contribution in [3.05, 3.63) is 75.8 Å². The van der Waals surface area contributed by atoms with Crippen LogP contribution in [0.15, 0.2) is 54.6 Å². The Morgan fingerprint density at radius 3 is 2.42 bits per heavy atom. The van der Waals surface area contributed by atoms with E-state index in [1.165, 1.54) is 6.08 Å². The third-order valence-corrected chi connectivity index (χ3v) is 4.61. The Kier molecular flexibility index (Phi) is 5.50. The molecule has 0 saturated heterocycles. The molecule has 0 bridgehead atoms. The van der Waals surface area contributed by atoms with Crippen molar-refractivity contribution in [2.24, 2.45) is 0 Å². The van der Waals surface area contributed by atoms with Crippen LogP contribution in [0, 0.1) is 0 Å². The van der Waals surface area contributed by atoms with Gasteiger partial charge in [-0.2, -0.15) is 0 Å². The van der Waals surface area contributed by atoms with Gasteiger partial charge in [0, 0.05) is 26.4 Å². The molecule has 0 aliphatic rings. The summed E-state index contributed by atoms with van der Waals surface area (Å²) < 4.78 is 10.8. The molecule has 0 unspecified atom stereocenters. The Morgan fingerprint density at radius 2 is 1.73 bits per heavy atom. The zero-order chi connectivity index (χ0) is 18.7. The van der Waals surface area contributed by atoms with Gasteiger partial charge in [-0.1, -0.05) is 41.4 Å². The number of halogens is 2. The van der Waals surface area contributed by atoms with Crippen LogP contribution in [0.5, 0.6) is 11.5 Å². The number of ketones is 1. The predicted molar refractivity (Wildman–Crippen MR) is 107 cm³/mol. The van der Waals surface area contributed by atoms with Crippen molar-refractivity contribution in [1.82, 2.24) is 0 Å². The minimum atomic E-state index is -0.159. The molecule has 5 heteroatoms. The van der Waals surface area contributed by atoms with E-state index in [-0.39, 0.29) is 5.78 Å². The largest absolute Gasteiger partial charge is 0.496 e. The third-order valence-electron chi connectivity index (χ3n) is 4.04. The number of carbonyl (C=O) groups excluding carboxylic acids is 1. The van der Waals surface area contributed by atoms with Crippen LogP contribution in [-0.4, -0.2) is 20.0 Å². The van der Waals surface area contributed by atoms with Crippen molar-refractivity contribution in [3.63, 3.8) is 0 Å². The average molecular weight is 387 g/mol. The fraction of sp³-hybridized carbons (Fsp3) is 0.0952. The highest BCUT2D eigenvalue weighted by molar-refractivity contribution is 6.35. The molecule has 0 spiro atoms. The van der Waals surface area contributed by atoms with Gasteiger partial charge in [-0.15, -0.1) is 0 Å². The van der Waals surface area contributed by atoms with Crippen molar-refractivity contribution < 1.29 is 14.3 Å². The quantitative estimate of drug-likeness (QED) is 0.394. The van der Waals surface area contributed by atoms with Gasteiger partial charge in [-0.25, -0.2) is 0 Å². The summed E-state index contributed by atoms with van der Waals surface area (Å²) >= 11 is 12.1. The molecule has 132 valence electrons. The van der Waals surface area contributed by atoms with E-state index < -0.39 is 0 Å². The number of methoxy groups -OCH3 is 2. The molecule has 3 nitrogen and oxygen atoms in total. The van der Waals surface area contributed by atoms with Crippen molar-refractivity contribution in [1.29, 1.82) is 0 Å². The maximum absolute atomic E-state index is 12.8. The number of carbonyl (C=O) groups is 1. The Morgan fingerprint density at radius 1 is 0.962 bits per heavy atom. The molecule has 0 aliphatic carbocycles. The summed E-state index contributed by atoms with van der Waals surface area (Å²) in [5.74, 6) is 1.14. The molecular formula is C21H16Cl2O3. The first kappa shape index (κ1) is 18.3. The molecule has 3 rings (SSSR count). The second-order valence-electron chi connectivity index (χ2n) is 5.56. The van der Waals surface area contributed by atoms with Crippen LogP contribution in [0.1, 0.15) is 15.9 Å². The summed E-state index contributed by atoms with van der Waals surface area (Å²) in [5.41, 5.74) is 1.24. The molecule has 0 saturated carbocycles. The highest BCUT2D eigenvalue weighted by Crippen LogP contribution is 2.35. The van der Waals surface area contributed by atoms with Crippen molar-refractivity contribution in [2.45, 2.75) is 0 Å². The maximum atomic E-state index is 12.8. The summed E-state index contributed by atoms with van der Waals surface area (Å²) in [6.45, 7) is 0. The van der Waals surface area contributed by atoms with Gasteiger partial charge in [0.25, 0.3) is 0 Å². The van der Waals surface area contributed by atoms with Gasteiger partial charge in [-0.3, -0.25) is 4.79 Å². The zero-order valence-electron chi connectivity index (χ0n) is 14.3. The number of hydrogen-bond donors (Lipinski definition) is 0. The Hall–Kier alpha value is -2.49. The van der Waals surface area contributed by atoms with Gasteiger partial charge in [-0.05, 0) is 48.0 Å². The molecule has 0 fully saturated rings. The number of hydrogen-bond acceptors (Lipinski definition) is 3. The second kappa shape index (κ2) is 7.81. The van der Waals surface area contributed by atoms with E-state index in [2.05, 4.69) is 0 Å². The molecule has 3 aromatic rings. The summed E-state index contributed by atoms with van der Waals surface area (Å²) in [6.07, 6.45) is 3.16. The SMILES string of the molecule is COc1ccc(C(=O)/C=C\c2ccc(Cl)cc2Cl)c2c(OC)cccc12. The van der Waals surface area contributed by atoms with Gasteiger partial charge < -0.3 is 9.47 Å². The number of benzene rings is 3. The molecule has 0 N–H and O–H groups in total. The Labute approximate surface area is 161 Å². The lowest BCUT2D eigenvalue weighted by Crippen LogP contribution is -1.99. The van der Waals surface area contributed by atoms with E-state index >= 15 is 0 Å². The van der Waals surface area contributed by atoms with E-state index in [9.17, 15) is 4.79 Å². The van der Waals surface area contributed by atoms with Crippen LogP contribution >= 0.6 is 23.2 Å². The smallest absolute Gasteiger partial charge is 0.186 e. The highest BCUT2D eigenvalue weighted by atomic mass is 35.5. The minimum Gasteiger partial charge on any atom is -0.496 e. The van der Waals surface area contributed by atoms with Crippen LogP contribution < -0.4 is 9.47 Å². The van der Waals surface area contributed by atoms with Crippen LogP contribution in [0.2, 0.25) is 10.0 Å². The average Bonchev–Trinajstić information content (AvgIpc) is 2.65. The standard InChI is InChI=1S/C21H16Cl2O3/c1-25-19-11-9-15(21-16(19)4-3-5-20(21)26-2)18(24)10-7-13-6-8-14(22)12-17(13)23/h3-12H,1-2H3/b10-7-. The summed E-state index contributed by atoms with van der Waals surface area (Å²) in [7, 11) is 3.17. The lowest BCUT2D eigenvalue weighted by molar-refractivity contribution is 0.104. The Bertz CT molecular complexity index is 1010. The van der Waals surface area contributed by atoms with Gasteiger partial charge in [0.1, 0.15) is 11.5 Å². The molecular weight excluding hydrogens is 371 g/mol. The Balaban J connectivity index is 2.07. The maximum Gasteiger partial charge on any atom is 0.186 e. The molecule has 0 amide bonds. The first-order valence-electron chi connectivity index (χ1n) is 7.86. The van der Waals surface area contributed by atoms with Crippen LogP contribution in [0.25, 0.3) is 16.8 Å². The molecule has 26 heavy (non-hydrogen) atoms. The van der Waals surface area contributed by atoms with Gasteiger partial charge in [0.05, 0.1) is 14.2 Å². The molecule has 3 aromatic carbocycles. The lowest BCUT2D eigenvalue weighted by atomic mass is 9.99. The second-order valence-corrected chi connectivity index (χ2v) is 6.41. The van der Waals surface area contributed by atoms with Gasteiger partial charge in [0.15, 0.2) is 5.78 Å². The first-order chi connectivity index (χ1) is 12.5. The number of rotatable bonds is 5. The van der Waals surface area contributed by atoms with Crippen LogP contribution in [0.3, 0.4) is 0 Å². The first-order valence-corrected chi connectivity index (χ1v) is 8.62. The fourth-order valence-electron chi connectivity index (χ4n) is 2.79. The van der Waals surface area contributed by atoms with Crippen molar-refractivity contribution >= 4 is 45.8 Å². The monoisotopic (exact) mass is 386 g/mol. The molecule has 0 aliphatic heterocycles. The van der Waals surface area contributed by atoms with Crippen molar-refractivity contribution in [3.8, 4) is 11.5 Å². The van der Waals surface area contributed by atoms with E-state index in [0.717, 1.165) is 5.39 Å². The normalized spacial score (nSPS) is 11.1. The van der Waals surface area contributed by atoms with Crippen LogP contribution in [-0.2, 0) is 0 Å². The zero-order valence-corrected chi connectivity index (χ0v) is 15.8. The molecule has 0 heterocycles. The van der Waals surface area contributed by atoms with E-state index in [1.807, 2.05) is 18.2 Å². The van der Waals surface area contributed by atoms with Gasteiger partial charge in [0.2, 0.25) is 0 Å². The predicted octanol–water partition coefficient (Wildman–Crippen LogP) is 6.06.